The summed E-state index contributed by atoms with van der Waals surface area (Å²) in [6.07, 6.45) is 5.07. The third-order valence-corrected chi connectivity index (χ3v) is 5.84. The van der Waals surface area contributed by atoms with Crippen molar-refractivity contribution in [2.45, 2.75) is 18.4 Å². The number of carbonyl (C=O) groups excluding carboxylic acids is 2. The van der Waals surface area contributed by atoms with Crippen molar-refractivity contribution >= 4 is 28.5 Å². The molecular weight excluding hydrogens is 368 g/mol. The second-order valence-electron chi connectivity index (χ2n) is 7.53. The van der Waals surface area contributed by atoms with Crippen LogP contribution >= 0.6 is 0 Å². The van der Waals surface area contributed by atoms with Gasteiger partial charge in [-0.2, -0.15) is 5.26 Å². The van der Waals surface area contributed by atoms with Gasteiger partial charge in [0, 0.05) is 31.4 Å². The van der Waals surface area contributed by atoms with Gasteiger partial charge in [-0.05, 0) is 31.0 Å². The SMILES string of the molecule is N#Cc1ccccc1C(=O)C(=O)N1CCN(c2ncnc3[nH]ccc23)CC12CC2. The highest BCUT2D eigenvalue weighted by Gasteiger charge is 2.54. The molecule has 1 N–H and O–H groups in total. The summed E-state index contributed by atoms with van der Waals surface area (Å²) in [4.78, 5) is 41.6. The number of anilines is 1. The number of amides is 1. The average molecular weight is 386 g/mol. The molecule has 5 rings (SSSR count). The molecule has 144 valence electrons. The topological polar surface area (TPSA) is 106 Å². The zero-order valence-corrected chi connectivity index (χ0v) is 15.6. The Morgan fingerprint density at radius 1 is 1.14 bits per heavy atom. The molecule has 2 fully saturated rings. The maximum Gasteiger partial charge on any atom is 0.295 e. The van der Waals surface area contributed by atoms with E-state index in [0.29, 0.717) is 19.6 Å². The summed E-state index contributed by atoms with van der Waals surface area (Å²) < 4.78 is 0. The zero-order chi connectivity index (χ0) is 20.0. The van der Waals surface area contributed by atoms with E-state index in [4.69, 9.17) is 0 Å². The van der Waals surface area contributed by atoms with E-state index in [0.717, 1.165) is 29.7 Å². The number of carbonyl (C=O) groups is 2. The third-order valence-electron chi connectivity index (χ3n) is 5.84. The molecule has 1 aliphatic carbocycles. The quantitative estimate of drug-likeness (QED) is 0.544. The standard InChI is InChI=1S/C21H18N6O2/c22-11-14-3-1-2-4-15(14)17(28)20(29)27-10-9-26(12-21(27)6-7-21)19-16-5-8-23-18(16)24-13-25-19/h1-5,8,13H,6-7,9-10,12H2,(H,23,24,25). The first kappa shape index (κ1) is 17.4. The first-order valence-corrected chi connectivity index (χ1v) is 9.51. The van der Waals surface area contributed by atoms with Gasteiger partial charge in [0.15, 0.2) is 0 Å². The van der Waals surface area contributed by atoms with Crippen molar-refractivity contribution < 1.29 is 9.59 Å². The number of H-pyrrole nitrogens is 1. The van der Waals surface area contributed by atoms with E-state index >= 15 is 0 Å². The van der Waals surface area contributed by atoms with Crippen molar-refractivity contribution in [3.05, 3.63) is 54.0 Å². The number of hydrogen-bond acceptors (Lipinski definition) is 6. The maximum absolute atomic E-state index is 13.1. The number of hydrogen-bond donors (Lipinski definition) is 1. The first-order valence-electron chi connectivity index (χ1n) is 9.51. The lowest BCUT2D eigenvalue weighted by Gasteiger charge is -2.42. The predicted molar refractivity (Wildman–Crippen MR) is 105 cm³/mol. The lowest BCUT2D eigenvalue weighted by Crippen LogP contribution is -2.58. The van der Waals surface area contributed by atoms with E-state index in [9.17, 15) is 14.9 Å². The van der Waals surface area contributed by atoms with E-state index in [-0.39, 0.29) is 16.7 Å². The molecule has 2 aromatic heterocycles. The van der Waals surface area contributed by atoms with Crippen molar-refractivity contribution in [1.29, 1.82) is 5.26 Å². The highest BCUT2D eigenvalue weighted by Crippen LogP contribution is 2.45. The van der Waals surface area contributed by atoms with Gasteiger partial charge in [-0.25, -0.2) is 9.97 Å². The number of fused-ring (bicyclic) bond motifs is 1. The maximum atomic E-state index is 13.1. The molecule has 0 bridgehead atoms. The van der Waals surface area contributed by atoms with Gasteiger partial charge in [-0.15, -0.1) is 0 Å². The first-order chi connectivity index (χ1) is 14.1. The smallest absolute Gasteiger partial charge is 0.295 e. The van der Waals surface area contributed by atoms with E-state index in [1.54, 1.807) is 23.1 Å². The summed E-state index contributed by atoms with van der Waals surface area (Å²) in [5, 5.41) is 10.2. The van der Waals surface area contributed by atoms with Crippen molar-refractivity contribution in [2.24, 2.45) is 0 Å². The number of benzene rings is 1. The molecule has 1 saturated heterocycles. The van der Waals surface area contributed by atoms with Crippen LogP contribution < -0.4 is 4.90 Å². The number of nitriles is 1. The van der Waals surface area contributed by atoms with Gasteiger partial charge in [0.1, 0.15) is 17.8 Å². The van der Waals surface area contributed by atoms with Crippen LogP contribution in [0.5, 0.6) is 0 Å². The molecule has 2 aliphatic rings. The molecule has 1 saturated carbocycles. The summed E-state index contributed by atoms with van der Waals surface area (Å²) in [5.74, 6) is -0.299. The molecule has 1 aromatic carbocycles. The third kappa shape index (κ3) is 2.74. The van der Waals surface area contributed by atoms with Crippen LogP contribution in [0.4, 0.5) is 5.82 Å². The van der Waals surface area contributed by atoms with Crippen LogP contribution in [0.25, 0.3) is 11.0 Å². The Morgan fingerprint density at radius 3 is 2.76 bits per heavy atom. The molecular formula is C21H18N6O2. The Labute approximate surface area is 166 Å². The fourth-order valence-electron chi connectivity index (χ4n) is 4.17. The molecule has 1 amide bonds. The minimum Gasteiger partial charge on any atom is -0.352 e. The Hall–Kier alpha value is -3.73. The molecule has 8 heteroatoms. The van der Waals surface area contributed by atoms with Gasteiger partial charge in [0.2, 0.25) is 0 Å². The van der Waals surface area contributed by atoms with Crippen molar-refractivity contribution in [1.82, 2.24) is 19.9 Å². The van der Waals surface area contributed by atoms with Crippen LogP contribution in [-0.2, 0) is 4.79 Å². The van der Waals surface area contributed by atoms with Crippen molar-refractivity contribution in [2.75, 3.05) is 24.5 Å². The molecule has 8 nitrogen and oxygen atoms in total. The minimum absolute atomic E-state index is 0.170. The number of nitrogens with zero attached hydrogens (tertiary/aromatic N) is 5. The summed E-state index contributed by atoms with van der Waals surface area (Å²) in [7, 11) is 0. The van der Waals surface area contributed by atoms with Crippen LogP contribution in [0.2, 0.25) is 0 Å². The zero-order valence-electron chi connectivity index (χ0n) is 15.6. The van der Waals surface area contributed by atoms with Crippen LogP contribution in [-0.4, -0.2) is 56.7 Å². The normalized spacial score (nSPS) is 17.3. The number of aromatic nitrogens is 3. The fraction of sp³-hybridized carbons (Fsp3) is 0.286. The number of piperazine rings is 1. The molecule has 29 heavy (non-hydrogen) atoms. The van der Waals surface area contributed by atoms with Crippen LogP contribution in [0.15, 0.2) is 42.9 Å². The van der Waals surface area contributed by atoms with Crippen molar-refractivity contribution in [3.63, 3.8) is 0 Å². The molecule has 0 radical (unpaired) electrons. The molecule has 0 atom stereocenters. The van der Waals surface area contributed by atoms with Crippen LogP contribution in [0, 0.1) is 11.3 Å². The minimum atomic E-state index is -0.614. The number of aromatic amines is 1. The number of Topliss-reactive ketones (excluding diaryl/α,β-unsaturated/α-hetero) is 1. The largest absolute Gasteiger partial charge is 0.352 e. The monoisotopic (exact) mass is 386 g/mol. The molecule has 1 aliphatic heterocycles. The van der Waals surface area contributed by atoms with Crippen molar-refractivity contribution in [3.8, 4) is 6.07 Å². The van der Waals surface area contributed by atoms with Gasteiger partial charge in [0.05, 0.1) is 22.6 Å². The van der Waals surface area contributed by atoms with E-state index < -0.39 is 11.7 Å². The van der Waals surface area contributed by atoms with Crippen LogP contribution in [0.1, 0.15) is 28.8 Å². The van der Waals surface area contributed by atoms with Gasteiger partial charge < -0.3 is 14.8 Å². The summed E-state index contributed by atoms with van der Waals surface area (Å²) in [6.45, 7) is 1.65. The molecule has 3 heterocycles. The molecule has 3 aromatic rings. The summed E-state index contributed by atoms with van der Waals surface area (Å²) >= 11 is 0. The predicted octanol–water partition coefficient (Wildman–Crippen LogP) is 1.89. The second-order valence-corrected chi connectivity index (χ2v) is 7.53. The number of rotatable bonds is 3. The van der Waals surface area contributed by atoms with Crippen LogP contribution in [0.3, 0.4) is 0 Å². The number of nitrogens with one attached hydrogen (secondary N) is 1. The second kappa shape index (κ2) is 6.41. The average Bonchev–Trinajstić information content (AvgIpc) is 3.34. The van der Waals surface area contributed by atoms with E-state index in [2.05, 4.69) is 19.9 Å². The van der Waals surface area contributed by atoms with E-state index in [1.807, 2.05) is 18.3 Å². The Kier molecular flexibility index (Phi) is 3.84. The Bertz CT molecular complexity index is 1170. The van der Waals surface area contributed by atoms with Gasteiger partial charge >= 0.3 is 0 Å². The fourth-order valence-corrected chi connectivity index (χ4v) is 4.17. The molecule has 0 unspecified atom stereocenters. The lowest BCUT2D eigenvalue weighted by molar-refractivity contribution is -0.130. The molecule has 1 spiro atoms. The Balaban J connectivity index is 1.40. The van der Waals surface area contributed by atoms with E-state index in [1.165, 1.54) is 12.4 Å². The van der Waals surface area contributed by atoms with Gasteiger partial charge in [-0.3, -0.25) is 9.59 Å². The highest BCUT2D eigenvalue weighted by atomic mass is 16.2. The lowest BCUT2D eigenvalue weighted by atomic mass is 10.0. The summed E-state index contributed by atoms with van der Waals surface area (Å²) in [5.41, 5.74) is 0.829. The summed E-state index contributed by atoms with van der Waals surface area (Å²) in [6, 6.07) is 10.4. The Morgan fingerprint density at radius 2 is 1.97 bits per heavy atom. The number of ketones is 1. The van der Waals surface area contributed by atoms with Gasteiger partial charge in [0.25, 0.3) is 11.7 Å². The van der Waals surface area contributed by atoms with Gasteiger partial charge in [-0.1, -0.05) is 12.1 Å². The highest BCUT2D eigenvalue weighted by molar-refractivity contribution is 6.43.